The predicted molar refractivity (Wildman–Crippen MR) is 204 cm³/mol. The number of nitrogens with zero attached hydrogens (tertiary/aromatic N) is 1. The summed E-state index contributed by atoms with van der Waals surface area (Å²) in [6.45, 7) is 20.7. The Morgan fingerprint density at radius 3 is 2.04 bits per heavy atom. The van der Waals surface area contributed by atoms with E-state index >= 15 is 0 Å². The third kappa shape index (κ3) is 7.60. The summed E-state index contributed by atoms with van der Waals surface area (Å²) in [5.74, 6) is -1.18. The second-order valence-electron chi connectivity index (χ2n) is 16.3. The molecule has 1 spiro atoms. The van der Waals surface area contributed by atoms with Crippen molar-refractivity contribution in [2.45, 2.75) is 119 Å². The number of carbonyl (C=O) groups is 3. The summed E-state index contributed by atoms with van der Waals surface area (Å²) < 4.78 is 6.71. The number of anilines is 2. The maximum atomic E-state index is 14.2. The van der Waals surface area contributed by atoms with Gasteiger partial charge in [-0.2, -0.15) is 0 Å². The van der Waals surface area contributed by atoms with Crippen molar-refractivity contribution in [2.24, 2.45) is 33.1 Å². The molecule has 2 aromatic carbocycles. The van der Waals surface area contributed by atoms with Gasteiger partial charge in [-0.3, -0.25) is 14.4 Å². The van der Waals surface area contributed by atoms with Crippen molar-refractivity contribution in [3.05, 3.63) is 45.4 Å². The summed E-state index contributed by atoms with van der Waals surface area (Å²) in [6, 6.07) is 7.39. The number of halogens is 3. The van der Waals surface area contributed by atoms with E-state index in [0.717, 1.165) is 32.1 Å². The molecular formula is C39H52Cl3N3O5. The van der Waals surface area contributed by atoms with E-state index in [4.69, 9.17) is 39.5 Å². The Kier molecular flexibility index (Phi) is 11.6. The number of aromatic hydroxyl groups is 1. The molecule has 11 heteroatoms. The van der Waals surface area contributed by atoms with Gasteiger partial charge in [0.25, 0.3) is 11.8 Å². The molecule has 2 aliphatic rings. The van der Waals surface area contributed by atoms with E-state index in [9.17, 15) is 19.5 Å². The molecule has 2 fully saturated rings. The van der Waals surface area contributed by atoms with Crippen LogP contribution in [0.15, 0.2) is 35.3 Å². The van der Waals surface area contributed by atoms with E-state index in [1.54, 1.807) is 39.0 Å². The van der Waals surface area contributed by atoms with Gasteiger partial charge in [-0.25, -0.2) is 4.99 Å². The molecule has 8 nitrogen and oxygen atoms in total. The zero-order valence-corrected chi connectivity index (χ0v) is 33.2. The molecule has 3 N–H and O–H groups in total. The number of phenols is 1. The molecule has 274 valence electrons. The highest BCUT2D eigenvalue weighted by Crippen LogP contribution is 2.67. The first-order chi connectivity index (χ1) is 23.1. The maximum absolute atomic E-state index is 14.2. The summed E-state index contributed by atoms with van der Waals surface area (Å²) in [4.78, 5) is 45.6. The van der Waals surface area contributed by atoms with Crippen LogP contribution in [0.2, 0.25) is 15.1 Å². The van der Waals surface area contributed by atoms with Crippen LogP contribution in [-0.4, -0.2) is 39.6 Å². The fourth-order valence-corrected chi connectivity index (χ4v) is 8.07. The summed E-state index contributed by atoms with van der Waals surface area (Å²) in [5, 5.41) is 15.8. The van der Waals surface area contributed by atoms with Crippen molar-refractivity contribution in [1.29, 1.82) is 0 Å². The highest BCUT2D eigenvalue weighted by molar-refractivity contribution is 6.68. The molecule has 2 aromatic rings. The Morgan fingerprint density at radius 2 is 1.50 bits per heavy atom. The van der Waals surface area contributed by atoms with Gasteiger partial charge in [0.15, 0.2) is 22.8 Å². The quantitative estimate of drug-likeness (QED) is 0.120. The maximum Gasteiger partial charge on any atom is 0.278 e. The number of aliphatic imine (C=N–C) groups is 1. The van der Waals surface area contributed by atoms with Gasteiger partial charge in [0.2, 0.25) is 0 Å². The molecular weight excluding hydrogens is 697 g/mol. The SMILES string of the molecule is CCC(C)(C)C1CCC2(OC2(CC)C(=O)Nc2ccc(Cl)c(NC(=O)C(=Nc3cc(Cl)c(O)c(Cl)c3)C(=O)C(C)(C)C)c2)C(C(C)(C)CC)C1. The van der Waals surface area contributed by atoms with Gasteiger partial charge in [-0.1, -0.05) is 117 Å². The second kappa shape index (κ2) is 14.4. The summed E-state index contributed by atoms with van der Waals surface area (Å²) in [6.07, 6.45) is 5.42. The van der Waals surface area contributed by atoms with Crippen LogP contribution < -0.4 is 10.6 Å². The van der Waals surface area contributed by atoms with Crippen molar-refractivity contribution in [1.82, 2.24) is 0 Å². The first-order valence-electron chi connectivity index (χ1n) is 17.5. The molecule has 0 aromatic heterocycles. The molecule has 1 aliphatic heterocycles. The van der Waals surface area contributed by atoms with Crippen LogP contribution in [0.25, 0.3) is 0 Å². The Balaban J connectivity index is 1.62. The van der Waals surface area contributed by atoms with Crippen LogP contribution in [0, 0.1) is 28.1 Å². The molecule has 1 saturated carbocycles. The van der Waals surface area contributed by atoms with Crippen LogP contribution in [0.4, 0.5) is 17.1 Å². The number of rotatable bonds is 11. The van der Waals surface area contributed by atoms with Gasteiger partial charge in [0.05, 0.1) is 26.4 Å². The van der Waals surface area contributed by atoms with E-state index < -0.39 is 34.0 Å². The number of ketones is 1. The number of amides is 2. The minimum atomic E-state index is -0.986. The largest absolute Gasteiger partial charge is 0.505 e. The number of carbonyl (C=O) groups excluding carboxylic acids is 3. The van der Waals surface area contributed by atoms with E-state index in [1.807, 2.05) is 6.92 Å². The highest BCUT2D eigenvalue weighted by Gasteiger charge is 2.78. The predicted octanol–water partition coefficient (Wildman–Crippen LogP) is 10.8. The molecule has 50 heavy (non-hydrogen) atoms. The lowest BCUT2D eigenvalue weighted by atomic mass is 9.54. The summed E-state index contributed by atoms with van der Waals surface area (Å²) in [7, 11) is 0. The van der Waals surface area contributed by atoms with Crippen molar-refractivity contribution in [3.8, 4) is 5.75 Å². The normalized spacial score (nSPS) is 24.2. The fourth-order valence-electron chi connectivity index (χ4n) is 7.43. The number of benzene rings is 2. The van der Waals surface area contributed by atoms with Crippen molar-refractivity contribution in [2.75, 3.05) is 10.6 Å². The number of Topliss-reactive ketones (excluding diaryl/α,β-unsaturated/α-hetero) is 1. The molecule has 0 radical (unpaired) electrons. The van der Waals surface area contributed by atoms with Gasteiger partial charge in [-0.15, -0.1) is 0 Å². The van der Waals surface area contributed by atoms with E-state index in [-0.39, 0.29) is 54.8 Å². The summed E-state index contributed by atoms with van der Waals surface area (Å²) >= 11 is 18.7. The lowest BCUT2D eigenvalue weighted by Crippen LogP contribution is -2.50. The first-order valence-corrected chi connectivity index (χ1v) is 18.7. The first kappa shape index (κ1) is 40.1. The highest BCUT2D eigenvalue weighted by atomic mass is 35.5. The Hall–Kier alpha value is -2.65. The lowest BCUT2D eigenvalue weighted by molar-refractivity contribution is -0.122. The molecule has 4 rings (SSSR count). The number of ether oxygens (including phenoxy) is 1. The third-order valence-corrected chi connectivity index (χ3v) is 12.4. The number of nitrogens with one attached hydrogen (secondary N) is 2. The molecule has 4 atom stereocenters. The standard InChI is InChI=1S/C39H52Cl3N3O5/c1-11-36(7,8)22-16-17-39(29(18-22)37(9,10)12-2)38(13-3,50-39)34(49)44-23-14-15-25(40)28(21-23)45-33(48)30(32(47)35(4,5)6)43-24-19-26(41)31(46)27(42)20-24/h14-15,19-22,29,46H,11-13,16-18H2,1-10H3,(H,44,49)(H,45,48). The summed E-state index contributed by atoms with van der Waals surface area (Å²) in [5.41, 5.74) is -2.06. The number of epoxide rings is 1. The molecule has 1 saturated heterocycles. The van der Waals surface area contributed by atoms with Crippen LogP contribution in [0.3, 0.4) is 0 Å². The average Bonchev–Trinajstić information content (AvgIpc) is 3.70. The van der Waals surface area contributed by atoms with Gasteiger partial charge >= 0.3 is 0 Å². The van der Waals surface area contributed by atoms with Crippen molar-refractivity contribution < 1.29 is 24.2 Å². The van der Waals surface area contributed by atoms with Gasteiger partial charge in [0.1, 0.15) is 5.60 Å². The zero-order valence-electron chi connectivity index (χ0n) is 30.9. The minimum Gasteiger partial charge on any atom is -0.505 e. The van der Waals surface area contributed by atoms with Gasteiger partial charge < -0.3 is 20.5 Å². The average molecular weight is 749 g/mol. The Bertz CT molecular complexity index is 1670. The van der Waals surface area contributed by atoms with Crippen molar-refractivity contribution in [3.63, 3.8) is 0 Å². The minimum absolute atomic E-state index is 0.0298. The Morgan fingerprint density at radius 1 is 0.900 bits per heavy atom. The van der Waals surface area contributed by atoms with Crippen LogP contribution in [0.5, 0.6) is 5.75 Å². The number of phenolic OH excluding ortho intramolecular Hbond substituents is 1. The number of hydrogen-bond acceptors (Lipinski definition) is 6. The smallest absolute Gasteiger partial charge is 0.278 e. The third-order valence-electron chi connectivity index (χ3n) is 11.5. The molecule has 2 amide bonds. The topological polar surface area (TPSA) is 120 Å². The Labute approximate surface area is 312 Å². The van der Waals surface area contributed by atoms with Crippen LogP contribution >= 0.6 is 34.8 Å². The zero-order chi connectivity index (χ0) is 37.6. The number of hydrogen-bond donors (Lipinski definition) is 3. The molecule has 0 bridgehead atoms. The monoisotopic (exact) mass is 747 g/mol. The van der Waals surface area contributed by atoms with E-state index in [2.05, 4.69) is 57.2 Å². The fraction of sp³-hybridized carbons (Fsp3) is 0.590. The van der Waals surface area contributed by atoms with Crippen molar-refractivity contribution >= 4 is 75.2 Å². The molecule has 1 heterocycles. The van der Waals surface area contributed by atoms with Crippen LogP contribution in [0.1, 0.15) is 108 Å². The van der Waals surface area contributed by atoms with Gasteiger partial charge in [0, 0.05) is 11.1 Å². The second-order valence-corrected chi connectivity index (χ2v) is 17.5. The lowest BCUT2D eigenvalue weighted by Gasteiger charge is -2.48. The van der Waals surface area contributed by atoms with Gasteiger partial charge in [-0.05, 0) is 78.7 Å². The molecule has 4 unspecified atom stereocenters. The van der Waals surface area contributed by atoms with Crippen LogP contribution in [-0.2, 0) is 19.1 Å². The molecule has 1 aliphatic carbocycles. The van der Waals surface area contributed by atoms with E-state index in [1.165, 1.54) is 12.1 Å². The van der Waals surface area contributed by atoms with E-state index in [0.29, 0.717) is 18.0 Å².